The number of likely N-dealkylation sites (tertiary alicyclic amines) is 1. The van der Waals surface area contributed by atoms with E-state index in [0.717, 1.165) is 25.9 Å². The highest BCUT2D eigenvalue weighted by Gasteiger charge is 2.66. The maximum absolute atomic E-state index is 14.1. The summed E-state index contributed by atoms with van der Waals surface area (Å²) in [5, 5.41) is 26.2. The van der Waals surface area contributed by atoms with E-state index in [1.165, 1.54) is 12.5 Å². The summed E-state index contributed by atoms with van der Waals surface area (Å²) in [7, 11) is 2.04. The zero-order valence-electron chi connectivity index (χ0n) is 22.0. The first-order chi connectivity index (χ1) is 19.0. The molecule has 4 aliphatic rings. The molecule has 1 aliphatic heterocycles. The van der Waals surface area contributed by atoms with Crippen molar-refractivity contribution >= 4 is 34.7 Å². The number of phenols is 1. The van der Waals surface area contributed by atoms with Crippen molar-refractivity contribution in [3.63, 3.8) is 0 Å². The van der Waals surface area contributed by atoms with Crippen LogP contribution in [-0.2, 0) is 25.6 Å². The summed E-state index contributed by atoms with van der Waals surface area (Å²) in [5.74, 6) is -10.3. The lowest BCUT2D eigenvalue weighted by molar-refractivity contribution is -0.175. The second-order valence-corrected chi connectivity index (χ2v) is 11.6. The number of carbonyl (C=O) groups excluding carboxylic acids is 5. The smallest absolute Gasteiger partial charge is 0.235 e. The molecule has 210 valence electrons. The van der Waals surface area contributed by atoms with Gasteiger partial charge in [-0.1, -0.05) is 0 Å². The number of ketones is 4. The largest absolute Gasteiger partial charge is 0.505 e. The van der Waals surface area contributed by atoms with Gasteiger partial charge in [-0.3, -0.25) is 24.0 Å². The molecule has 2 aromatic rings. The first kappa shape index (κ1) is 26.4. The number of aromatic hydroxyl groups is 1. The molecule has 2 heterocycles. The number of Topliss-reactive ketones (excluding diaryl/α,β-unsaturated/α-hetero) is 4. The minimum Gasteiger partial charge on any atom is -0.505 e. The Balaban J connectivity index is 1.43. The SMILES string of the molecule is CN1CCC(Nc2cc(-c3ccoc3)c3c(c2O)C(=O)C2C(=O)[C@]4(O)C(=O)C(C(N)=O)C(=O)C[C@@H]4C[C@@H]2C3)CC1. The van der Waals surface area contributed by atoms with Gasteiger partial charge < -0.3 is 30.6 Å². The van der Waals surface area contributed by atoms with Gasteiger partial charge in [0.15, 0.2) is 34.7 Å². The Kier molecular flexibility index (Phi) is 6.19. The molecule has 2 saturated carbocycles. The molecule has 1 aromatic carbocycles. The van der Waals surface area contributed by atoms with Crippen LogP contribution in [0.25, 0.3) is 11.1 Å². The summed E-state index contributed by atoms with van der Waals surface area (Å²) in [6, 6.07) is 3.59. The first-order valence-electron chi connectivity index (χ1n) is 13.6. The minimum absolute atomic E-state index is 0.0310. The van der Waals surface area contributed by atoms with E-state index >= 15 is 0 Å². The molecular weight excluding hydrogens is 518 g/mol. The Bertz CT molecular complexity index is 1440. The lowest BCUT2D eigenvalue weighted by Gasteiger charge is -2.48. The average molecular weight is 550 g/mol. The lowest BCUT2D eigenvalue weighted by Crippen LogP contribution is -2.68. The van der Waals surface area contributed by atoms with Gasteiger partial charge in [0, 0.05) is 23.9 Å². The summed E-state index contributed by atoms with van der Waals surface area (Å²) >= 11 is 0. The summed E-state index contributed by atoms with van der Waals surface area (Å²) in [6.07, 6.45) is 4.59. The number of nitrogens with one attached hydrogen (secondary N) is 1. The first-order valence-corrected chi connectivity index (χ1v) is 13.6. The van der Waals surface area contributed by atoms with Crippen LogP contribution in [-0.4, -0.2) is 75.9 Å². The molecule has 1 amide bonds. The Morgan fingerprint density at radius 3 is 2.52 bits per heavy atom. The molecule has 11 heteroatoms. The van der Waals surface area contributed by atoms with Crippen LogP contribution in [0.3, 0.4) is 0 Å². The van der Waals surface area contributed by atoms with Crippen LogP contribution in [0, 0.1) is 23.7 Å². The fourth-order valence-corrected chi connectivity index (χ4v) is 7.19. The molecule has 0 bridgehead atoms. The highest BCUT2D eigenvalue weighted by atomic mass is 16.3. The summed E-state index contributed by atoms with van der Waals surface area (Å²) in [4.78, 5) is 67.7. The maximum Gasteiger partial charge on any atom is 0.235 e. The molecule has 6 rings (SSSR count). The molecule has 40 heavy (non-hydrogen) atoms. The van der Waals surface area contributed by atoms with E-state index in [0.29, 0.717) is 22.4 Å². The van der Waals surface area contributed by atoms with Crippen molar-refractivity contribution in [1.82, 2.24) is 4.90 Å². The zero-order valence-corrected chi connectivity index (χ0v) is 22.0. The molecule has 1 aromatic heterocycles. The van der Waals surface area contributed by atoms with E-state index in [2.05, 4.69) is 10.2 Å². The van der Waals surface area contributed by atoms with Crippen molar-refractivity contribution in [2.75, 3.05) is 25.5 Å². The number of carbonyl (C=O) groups is 5. The van der Waals surface area contributed by atoms with E-state index in [-0.39, 0.29) is 36.6 Å². The van der Waals surface area contributed by atoms with Gasteiger partial charge in [-0.05, 0) is 75.0 Å². The van der Waals surface area contributed by atoms with Crippen molar-refractivity contribution in [2.24, 2.45) is 29.4 Å². The predicted molar refractivity (Wildman–Crippen MR) is 140 cm³/mol. The highest BCUT2D eigenvalue weighted by molar-refractivity contribution is 6.31. The van der Waals surface area contributed by atoms with Gasteiger partial charge in [-0.2, -0.15) is 0 Å². The number of rotatable bonds is 4. The standard InChI is InChI=1S/C29H31N3O8/c1-32-5-2-16(3-6-32)31-19-11-17(13-4-7-40-12-13)18-9-14-8-15-10-20(33)23(28(30)38)27(37)29(15,39)26(36)21(14)25(35)22(18)24(19)34/h4,7,11-12,14-16,21,23,31,34,39H,2-3,5-6,8-10H2,1H3,(H2,30,38)/t14-,15+,21?,23?,29+/m1/s1. The molecule has 0 spiro atoms. The fourth-order valence-electron chi connectivity index (χ4n) is 7.19. The topological polar surface area (TPSA) is 180 Å². The fraction of sp³-hybridized carbons (Fsp3) is 0.483. The number of aliphatic hydroxyl groups is 1. The van der Waals surface area contributed by atoms with E-state index in [1.807, 2.05) is 7.05 Å². The van der Waals surface area contributed by atoms with Crippen LogP contribution < -0.4 is 11.1 Å². The van der Waals surface area contributed by atoms with E-state index in [1.54, 1.807) is 12.1 Å². The number of furan rings is 1. The number of amides is 1. The van der Waals surface area contributed by atoms with Gasteiger partial charge in [-0.25, -0.2) is 0 Å². The Morgan fingerprint density at radius 2 is 1.88 bits per heavy atom. The normalized spacial score (nSPS) is 30.9. The average Bonchev–Trinajstić information content (AvgIpc) is 3.43. The lowest BCUT2D eigenvalue weighted by atomic mass is 9.53. The number of nitrogens with zero attached hydrogens (tertiary/aromatic N) is 1. The molecule has 11 nitrogen and oxygen atoms in total. The molecule has 2 unspecified atom stereocenters. The van der Waals surface area contributed by atoms with Crippen molar-refractivity contribution in [3.8, 4) is 16.9 Å². The van der Waals surface area contributed by atoms with Gasteiger partial charge in [0.05, 0.1) is 29.7 Å². The second kappa shape index (κ2) is 9.38. The van der Waals surface area contributed by atoms with Gasteiger partial charge in [0.25, 0.3) is 0 Å². The van der Waals surface area contributed by atoms with Crippen LogP contribution >= 0.6 is 0 Å². The molecule has 0 radical (unpaired) electrons. The molecule has 5 atom stereocenters. The Labute approximate surface area is 229 Å². The Hall–Kier alpha value is -3.83. The summed E-state index contributed by atoms with van der Waals surface area (Å²) in [6.45, 7) is 1.75. The number of anilines is 1. The second-order valence-electron chi connectivity index (χ2n) is 11.6. The number of nitrogens with two attached hydrogens (primary N) is 1. The van der Waals surface area contributed by atoms with Gasteiger partial charge >= 0.3 is 0 Å². The highest BCUT2D eigenvalue weighted by Crippen LogP contribution is 2.52. The third-order valence-corrected chi connectivity index (χ3v) is 9.31. The van der Waals surface area contributed by atoms with Crippen LogP contribution in [0.2, 0.25) is 0 Å². The monoisotopic (exact) mass is 549 g/mol. The number of phenolic OH excluding ortho intramolecular Hbond substituents is 1. The van der Waals surface area contributed by atoms with Crippen LogP contribution in [0.15, 0.2) is 29.1 Å². The third-order valence-electron chi connectivity index (χ3n) is 9.31. The quantitative estimate of drug-likeness (QED) is 0.318. The molecule has 1 saturated heterocycles. The number of benzene rings is 1. The van der Waals surface area contributed by atoms with Crippen LogP contribution in [0.4, 0.5) is 5.69 Å². The van der Waals surface area contributed by atoms with Crippen LogP contribution in [0.1, 0.15) is 41.6 Å². The van der Waals surface area contributed by atoms with E-state index < -0.39 is 58.3 Å². The molecule has 3 aliphatic carbocycles. The molecular formula is C29H31N3O8. The third kappa shape index (κ3) is 3.82. The van der Waals surface area contributed by atoms with Gasteiger partial charge in [0.1, 0.15) is 5.75 Å². The van der Waals surface area contributed by atoms with Crippen LogP contribution in [0.5, 0.6) is 5.75 Å². The zero-order chi connectivity index (χ0) is 28.5. The van der Waals surface area contributed by atoms with E-state index in [4.69, 9.17) is 10.2 Å². The van der Waals surface area contributed by atoms with Crippen molar-refractivity contribution in [2.45, 2.75) is 43.7 Å². The summed E-state index contributed by atoms with van der Waals surface area (Å²) < 4.78 is 5.31. The number of fused-ring (bicyclic) bond motifs is 3. The Morgan fingerprint density at radius 1 is 1.15 bits per heavy atom. The van der Waals surface area contributed by atoms with Crippen molar-refractivity contribution < 1.29 is 38.6 Å². The van der Waals surface area contributed by atoms with Crippen molar-refractivity contribution in [1.29, 1.82) is 0 Å². The number of primary amides is 1. The maximum atomic E-state index is 14.1. The number of hydrogen-bond acceptors (Lipinski definition) is 10. The van der Waals surface area contributed by atoms with Gasteiger partial charge in [-0.15, -0.1) is 0 Å². The predicted octanol–water partition coefficient (Wildman–Crippen LogP) is 1.09. The minimum atomic E-state index is -2.67. The number of hydrogen-bond donors (Lipinski definition) is 4. The van der Waals surface area contributed by atoms with Gasteiger partial charge in [0.2, 0.25) is 5.91 Å². The number of piperidine rings is 1. The van der Waals surface area contributed by atoms with Crippen molar-refractivity contribution in [3.05, 3.63) is 35.8 Å². The summed E-state index contributed by atoms with van der Waals surface area (Å²) in [5.41, 5.74) is 4.81. The molecule has 3 fully saturated rings. The van der Waals surface area contributed by atoms with E-state index in [9.17, 15) is 34.2 Å². The molecule has 5 N–H and O–H groups in total.